The van der Waals surface area contributed by atoms with Crippen LogP contribution in [0.4, 0.5) is 0 Å². The molecule has 0 aromatic carbocycles. The zero-order valence-corrected chi connectivity index (χ0v) is 10.2. The second-order valence-electron chi connectivity index (χ2n) is 4.84. The van der Waals surface area contributed by atoms with Crippen LogP contribution in [0.2, 0.25) is 0 Å². The van der Waals surface area contributed by atoms with Crippen LogP contribution in [-0.2, 0) is 4.74 Å². The van der Waals surface area contributed by atoms with Gasteiger partial charge in [-0.2, -0.15) is 0 Å². The SMILES string of the molecule is CCC1CC(NCC(O)C(C)C)CCO1. The summed E-state index contributed by atoms with van der Waals surface area (Å²) in [5, 5.41) is 13.1. The Kier molecular flexibility index (Phi) is 5.58. The molecule has 1 aliphatic heterocycles. The number of hydrogen-bond donors (Lipinski definition) is 2. The minimum absolute atomic E-state index is 0.229. The van der Waals surface area contributed by atoms with E-state index in [1.807, 2.05) is 13.8 Å². The van der Waals surface area contributed by atoms with Crippen LogP contribution >= 0.6 is 0 Å². The summed E-state index contributed by atoms with van der Waals surface area (Å²) in [6.07, 6.45) is 3.42. The van der Waals surface area contributed by atoms with Crippen molar-refractivity contribution in [1.29, 1.82) is 0 Å². The number of aliphatic hydroxyl groups excluding tert-OH is 1. The molecule has 1 fully saturated rings. The number of nitrogens with one attached hydrogen (secondary N) is 1. The fraction of sp³-hybridized carbons (Fsp3) is 1.00. The summed E-state index contributed by atoms with van der Waals surface area (Å²) in [6.45, 7) is 7.82. The first-order valence-electron chi connectivity index (χ1n) is 6.16. The molecule has 1 heterocycles. The third-order valence-corrected chi connectivity index (χ3v) is 3.21. The molecule has 0 bridgehead atoms. The van der Waals surface area contributed by atoms with Gasteiger partial charge in [-0.25, -0.2) is 0 Å². The largest absolute Gasteiger partial charge is 0.392 e. The van der Waals surface area contributed by atoms with E-state index in [1.54, 1.807) is 0 Å². The van der Waals surface area contributed by atoms with Crippen molar-refractivity contribution in [3.05, 3.63) is 0 Å². The summed E-state index contributed by atoms with van der Waals surface area (Å²) < 4.78 is 5.61. The average Bonchev–Trinajstić information content (AvgIpc) is 2.26. The first-order chi connectivity index (χ1) is 7.13. The molecule has 0 aromatic rings. The lowest BCUT2D eigenvalue weighted by Crippen LogP contribution is -2.43. The van der Waals surface area contributed by atoms with Crippen molar-refractivity contribution in [2.75, 3.05) is 13.2 Å². The molecule has 90 valence electrons. The second kappa shape index (κ2) is 6.46. The Hall–Kier alpha value is -0.120. The molecule has 3 unspecified atom stereocenters. The summed E-state index contributed by atoms with van der Waals surface area (Å²) >= 11 is 0. The Balaban J connectivity index is 2.20. The van der Waals surface area contributed by atoms with E-state index in [0.717, 1.165) is 25.9 Å². The van der Waals surface area contributed by atoms with Gasteiger partial charge in [0.25, 0.3) is 0 Å². The first-order valence-corrected chi connectivity index (χ1v) is 6.16. The topological polar surface area (TPSA) is 41.5 Å². The molecule has 3 nitrogen and oxygen atoms in total. The molecule has 0 saturated carbocycles. The van der Waals surface area contributed by atoms with E-state index in [0.29, 0.717) is 24.6 Å². The van der Waals surface area contributed by atoms with Crippen LogP contribution in [0.5, 0.6) is 0 Å². The van der Waals surface area contributed by atoms with Crippen LogP contribution in [0.25, 0.3) is 0 Å². The normalized spacial score (nSPS) is 29.4. The molecule has 0 radical (unpaired) electrons. The molecule has 1 aliphatic rings. The Morgan fingerprint density at radius 1 is 1.47 bits per heavy atom. The maximum absolute atomic E-state index is 9.69. The highest BCUT2D eigenvalue weighted by Crippen LogP contribution is 2.16. The highest BCUT2D eigenvalue weighted by Gasteiger charge is 2.21. The van der Waals surface area contributed by atoms with Gasteiger partial charge in [-0.15, -0.1) is 0 Å². The van der Waals surface area contributed by atoms with Gasteiger partial charge in [-0.3, -0.25) is 0 Å². The van der Waals surface area contributed by atoms with Gasteiger partial charge in [0.1, 0.15) is 0 Å². The molecular formula is C12H25NO2. The Morgan fingerprint density at radius 2 is 2.20 bits per heavy atom. The summed E-state index contributed by atoms with van der Waals surface area (Å²) in [4.78, 5) is 0. The van der Waals surface area contributed by atoms with Crippen LogP contribution in [-0.4, -0.2) is 36.5 Å². The molecule has 1 rings (SSSR count). The van der Waals surface area contributed by atoms with Gasteiger partial charge < -0.3 is 15.2 Å². The summed E-state index contributed by atoms with van der Waals surface area (Å²) in [6, 6.07) is 0.525. The van der Waals surface area contributed by atoms with E-state index in [1.165, 1.54) is 0 Å². The minimum atomic E-state index is -0.229. The quantitative estimate of drug-likeness (QED) is 0.731. The molecule has 15 heavy (non-hydrogen) atoms. The number of hydrogen-bond acceptors (Lipinski definition) is 3. The molecule has 2 N–H and O–H groups in total. The van der Waals surface area contributed by atoms with Crippen LogP contribution in [0.1, 0.15) is 40.0 Å². The van der Waals surface area contributed by atoms with Gasteiger partial charge in [0.2, 0.25) is 0 Å². The standard InChI is InChI=1S/C12H25NO2/c1-4-11-7-10(5-6-15-11)13-8-12(14)9(2)3/h9-14H,4-8H2,1-3H3. The van der Waals surface area contributed by atoms with Crippen molar-refractivity contribution in [3.8, 4) is 0 Å². The summed E-state index contributed by atoms with van der Waals surface area (Å²) in [5.74, 6) is 0.333. The van der Waals surface area contributed by atoms with Crippen molar-refractivity contribution in [3.63, 3.8) is 0 Å². The van der Waals surface area contributed by atoms with Crippen LogP contribution < -0.4 is 5.32 Å². The lowest BCUT2D eigenvalue weighted by atomic mass is 10.0. The van der Waals surface area contributed by atoms with E-state index >= 15 is 0 Å². The van der Waals surface area contributed by atoms with E-state index in [9.17, 15) is 5.11 Å². The molecular weight excluding hydrogens is 190 g/mol. The van der Waals surface area contributed by atoms with E-state index in [-0.39, 0.29) is 6.10 Å². The van der Waals surface area contributed by atoms with Gasteiger partial charge in [-0.1, -0.05) is 20.8 Å². The van der Waals surface area contributed by atoms with Crippen LogP contribution in [0.3, 0.4) is 0 Å². The van der Waals surface area contributed by atoms with Gasteiger partial charge in [0.05, 0.1) is 12.2 Å². The lowest BCUT2D eigenvalue weighted by molar-refractivity contribution is -0.00298. The smallest absolute Gasteiger partial charge is 0.0687 e. The highest BCUT2D eigenvalue weighted by atomic mass is 16.5. The monoisotopic (exact) mass is 215 g/mol. The lowest BCUT2D eigenvalue weighted by Gasteiger charge is -2.30. The summed E-state index contributed by atoms with van der Waals surface area (Å²) in [5.41, 5.74) is 0. The van der Waals surface area contributed by atoms with Crippen molar-refractivity contribution < 1.29 is 9.84 Å². The Bertz CT molecular complexity index is 173. The van der Waals surface area contributed by atoms with Crippen molar-refractivity contribution in [2.45, 2.75) is 58.3 Å². The molecule has 3 atom stereocenters. The predicted molar refractivity (Wildman–Crippen MR) is 61.9 cm³/mol. The second-order valence-corrected chi connectivity index (χ2v) is 4.84. The predicted octanol–water partition coefficient (Wildman–Crippen LogP) is 1.55. The number of ether oxygens (including phenoxy) is 1. The highest BCUT2D eigenvalue weighted by molar-refractivity contribution is 4.77. The third kappa shape index (κ3) is 4.49. The van der Waals surface area contributed by atoms with Crippen LogP contribution in [0.15, 0.2) is 0 Å². The maximum atomic E-state index is 9.69. The molecule has 1 saturated heterocycles. The number of rotatable bonds is 5. The maximum Gasteiger partial charge on any atom is 0.0687 e. The number of aliphatic hydroxyl groups is 1. The zero-order valence-electron chi connectivity index (χ0n) is 10.2. The van der Waals surface area contributed by atoms with Crippen LogP contribution in [0, 0.1) is 5.92 Å². The van der Waals surface area contributed by atoms with E-state index in [4.69, 9.17) is 4.74 Å². The molecule has 3 heteroatoms. The van der Waals surface area contributed by atoms with Gasteiger partial charge in [-0.05, 0) is 25.2 Å². The zero-order chi connectivity index (χ0) is 11.3. The molecule has 0 aromatic heterocycles. The minimum Gasteiger partial charge on any atom is -0.392 e. The van der Waals surface area contributed by atoms with Gasteiger partial charge in [0, 0.05) is 19.2 Å². The molecule has 0 spiro atoms. The summed E-state index contributed by atoms with van der Waals surface area (Å²) in [7, 11) is 0. The fourth-order valence-electron chi connectivity index (χ4n) is 1.87. The Morgan fingerprint density at radius 3 is 2.80 bits per heavy atom. The van der Waals surface area contributed by atoms with E-state index in [2.05, 4.69) is 12.2 Å². The van der Waals surface area contributed by atoms with Gasteiger partial charge in [0.15, 0.2) is 0 Å². The van der Waals surface area contributed by atoms with Crippen molar-refractivity contribution in [1.82, 2.24) is 5.32 Å². The first kappa shape index (κ1) is 12.9. The van der Waals surface area contributed by atoms with Crippen molar-refractivity contribution >= 4 is 0 Å². The molecule has 0 amide bonds. The Labute approximate surface area is 93.2 Å². The third-order valence-electron chi connectivity index (χ3n) is 3.21. The average molecular weight is 215 g/mol. The van der Waals surface area contributed by atoms with Crippen molar-refractivity contribution in [2.24, 2.45) is 5.92 Å². The van der Waals surface area contributed by atoms with Gasteiger partial charge >= 0.3 is 0 Å². The van der Waals surface area contributed by atoms with E-state index < -0.39 is 0 Å². The fourth-order valence-corrected chi connectivity index (χ4v) is 1.87. The molecule has 0 aliphatic carbocycles.